The Hall–Kier alpha value is -2.68. The second-order valence-electron chi connectivity index (χ2n) is 4.89. The monoisotopic (exact) mass is 472 g/mol. The maximum Gasteiger partial charge on any atom is 0.422 e. The zero-order chi connectivity index (χ0) is 23.9. The molecule has 0 aliphatic rings. The molecule has 30 heavy (non-hydrogen) atoms. The molecule has 0 aliphatic carbocycles. The molecule has 168 valence electrons. The fourth-order valence-electron chi connectivity index (χ4n) is 1.71. The van der Waals surface area contributed by atoms with Crippen LogP contribution < -0.4 is 0 Å². The van der Waals surface area contributed by atoms with Crippen molar-refractivity contribution in [3.63, 3.8) is 0 Å². The third-order valence-electron chi connectivity index (χ3n) is 2.99. The van der Waals surface area contributed by atoms with Crippen molar-refractivity contribution in [3.05, 3.63) is 69.3 Å². The van der Waals surface area contributed by atoms with Crippen molar-refractivity contribution in [2.45, 2.75) is 12.4 Å². The van der Waals surface area contributed by atoms with Crippen LogP contribution in [0.2, 0.25) is 0 Å². The second kappa shape index (κ2) is 8.22. The first kappa shape index (κ1) is 25.4. The summed E-state index contributed by atoms with van der Waals surface area (Å²) in [5, 5.41) is 0. The fraction of sp³-hybridized carbons (Fsp3) is 0.143. The average molecular weight is 472 g/mol. The number of benzene rings is 2. The summed E-state index contributed by atoms with van der Waals surface area (Å²) in [6.07, 6.45) is -11.3. The topological polar surface area (TPSA) is 0 Å². The molecule has 16 heteroatoms. The molecule has 0 aromatic heterocycles. The summed E-state index contributed by atoms with van der Waals surface area (Å²) in [5.41, 5.74) is -5.59. The fourth-order valence-corrected chi connectivity index (χ4v) is 1.71. The third-order valence-corrected chi connectivity index (χ3v) is 2.99. The first-order valence-electron chi connectivity index (χ1n) is 6.52. The van der Waals surface area contributed by atoms with Crippen LogP contribution in [0.25, 0.3) is 0 Å². The first-order chi connectivity index (χ1) is 13.4. The molecule has 0 fully saturated rings. The largest absolute Gasteiger partial charge is 0.422 e. The molecule has 2 aromatic carbocycles. The lowest BCUT2D eigenvalue weighted by Gasteiger charge is -2.10. The van der Waals surface area contributed by atoms with Crippen LogP contribution in [0.3, 0.4) is 0 Å². The Morgan fingerprint density at radius 1 is 0.267 bits per heavy atom. The molecule has 0 unspecified atom stereocenters. The van der Waals surface area contributed by atoms with Gasteiger partial charge in [0.15, 0.2) is 46.5 Å². The summed E-state index contributed by atoms with van der Waals surface area (Å²) < 4.78 is 195. The van der Waals surface area contributed by atoms with E-state index < -0.39 is 81.7 Å². The highest BCUT2D eigenvalue weighted by Gasteiger charge is 2.43. The highest BCUT2D eigenvalue weighted by molar-refractivity contribution is 5.27. The summed E-state index contributed by atoms with van der Waals surface area (Å²) in [6.45, 7) is 0. The van der Waals surface area contributed by atoms with E-state index in [9.17, 15) is 70.2 Å². The van der Waals surface area contributed by atoms with E-state index in [4.69, 9.17) is 0 Å². The van der Waals surface area contributed by atoms with Crippen molar-refractivity contribution in [1.29, 1.82) is 0 Å². The first-order valence-corrected chi connectivity index (χ1v) is 6.52. The van der Waals surface area contributed by atoms with Crippen LogP contribution in [0, 0.1) is 58.2 Å². The lowest BCUT2D eigenvalue weighted by atomic mass is 10.1. The van der Waals surface area contributed by atoms with E-state index in [0.29, 0.717) is 0 Å². The van der Waals surface area contributed by atoms with Gasteiger partial charge in [0, 0.05) is 0 Å². The Morgan fingerprint density at radius 2 is 0.400 bits per heavy atom. The van der Waals surface area contributed by atoms with Crippen LogP contribution in [-0.2, 0) is 12.4 Å². The summed E-state index contributed by atoms with van der Waals surface area (Å²) in [6, 6.07) is 0. The SMILES string of the molecule is Fc1c(F)c(F)c(C(F)(F)F)c(F)c1F.Fc1c(F)c(F)c(C(F)(F)F)c(F)c1F. The van der Waals surface area contributed by atoms with E-state index in [2.05, 4.69) is 0 Å². The predicted octanol–water partition coefficient (Wildman–Crippen LogP) is 6.80. The van der Waals surface area contributed by atoms with Gasteiger partial charge in [0.2, 0.25) is 11.6 Å². The van der Waals surface area contributed by atoms with Crippen LogP contribution in [0.1, 0.15) is 11.1 Å². The van der Waals surface area contributed by atoms with Crippen molar-refractivity contribution in [2.24, 2.45) is 0 Å². The smallest absolute Gasteiger partial charge is 0.203 e. The van der Waals surface area contributed by atoms with Gasteiger partial charge < -0.3 is 0 Å². The Balaban J connectivity index is 0.000000300. The van der Waals surface area contributed by atoms with Gasteiger partial charge >= 0.3 is 12.4 Å². The minimum absolute atomic E-state index is 2.63. The van der Waals surface area contributed by atoms with E-state index in [1.807, 2.05) is 0 Å². The molecule has 0 N–H and O–H groups in total. The zero-order valence-electron chi connectivity index (χ0n) is 13.0. The Bertz CT molecular complexity index is 830. The summed E-state index contributed by atoms with van der Waals surface area (Å²) in [7, 11) is 0. The van der Waals surface area contributed by atoms with Crippen LogP contribution in [0.15, 0.2) is 0 Å². The van der Waals surface area contributed by atoms with Gasteiger partial charge in [-0.3, -0.25) is 0 Å². The number of halogens is 16. The maximum absolute atomic E-state index is 12.5. The molecule has 2 aromatic rings. The number of hydrogen-bond donors (Lipinski definition) is 0. The van der Waals surface area contributed by atoms with E-state index in [1.54, 1.807) is 0 Å². The molecule has 0 saturated heterocycles. The average Bonchev–Trinajstić information content (AvgIpc) is 2.60. The highest BCUT2D eigenvalue weighted by atomic mass is 19.4. The van der Waals surface area contributed by atoms with Gasteiger partial charge in [0.1, 0.15) is 11.1 Å². The van der Waals surface area contributed by atoms with Crippen LogP contribution in [0.5, 0.6) is 0 Å². The van der Waals surface area contributed by atoms with Gasteiger partial charge in [-0.1, -0.05) is 0 Å². The van der Waals surface area contributed by atoms with Crippen LogP contribution in [-0.4, -0.2) is 0 Å². The standard InChI is InChI=1S/2C7F8/c2*8-2-1(7(13,14)15)3(9)5(11)6(12)4(2)10. The summed E-state index contributed by atoms with van der Waals surface area (Å²) in [4.78, 5) is 0. The molecule has 0 heterocycles. The molecule has 2 rings (SSSR count). The molecular formula is C14F16. The minimum atomic E-state index is -5.65. The van der Waals surface area contributed by atoms with Gasteiger partial charge in [-0.2, -0.15) is 26.3 Å². The lowest BCUT2D eigenvalue weighted by Crippen LogP contribution is -2.16. The van der Waals surface area contributed by atoms with Gasteiger partial charge in [-0.05, 0) is 0 Å². The summed E-state index contributed by atoms with van der Waals surface area (Å²) >= 11 is 0. The van der Waals surface area contributed by atoms with Crippen molar-refractivity contribution in [1.82, 2.24) is 0 Å². The molecule has 0 amide bonds. The van der Waals surface area contributed by atoms with Crippen LogP contribution in [0.4, 0.5) is 70.2 Å². The van der Waals surface area contributed by atoms with E-state index in [-0.39, 0.29) is 0 Å². The van der Waals surface area contributed by atoms with Gasteiger partial charge in [-0.25, -0.2) is 43.9 Å². The van der Waals surface area contributed by atoms with Crippen molar-refractivity contribution >= 4 is 0 Å². The molecule has 0 radical (unpaired) electrons. The van der Waals surface area contributed by atoms with E-state index in [0.717, 1.165) is 0 Å². The third kappa shape index (κ3) is 4.56. The molecule has 0 bridgehead atoms. The van der Waals surface area contributed by atoms with Crippen LogP contribution >= 0.6 is 0 Å². The van der Waals surface area contributed by atoms with Gasteiger partial charge in [-0.15, -0.1) is 0 Å². The predicted molar refractivity (Wildman–Crippen MR) is 62.5 cm³/mol. The second-order valence-corrected chi connectivity index (χ2v) is 4.89. The zero-order valence-corrected chi connectivity index (χ0v) is 13.0. The van der Waals surface area contributed by atoms with Gasteiger partial charge in [0.05, 0.1) is 0 Å². The Morgan fingerprint density at radius 3 is 0.533 bits per heavy atom. The Kier molecular flexibility index (Phi) is 6.94. The molecular weight excluding hydrogens is 472 g/mol. The molecule has 0 atom stereocenters. The number of alkyl halides is 6. The Labute approximate surface area is 153 Å². The van der Waals surface area contributed by atoms with Crippen molar-refractivity contribution < 1.29 is 70.2 Å². The number of hydrogen-bond acceptors (Lipinski definition) is 0. The van der Waals surface area contributed by atoms with Crippen molar-refractivity contribution in [2.75, 3.05) is 0 Å². The van der Waals surface area contributed by atoms with Crippen molar-refractivity contribution in [3.8, 4) is 0 Å². The molecule has 0 aliphatic heterocycles. The van der Waals surface area contributed by atoms with E-state index in [1.165, 1.54) is 0 Å². The molecule has 0 nitrogen and oxygen atoms in total. The normalized spacial score (nSPS) is 12.0. The quantitative estimate of drug-likeness (QED) is 0.225. The molecule has 0 saturated carbocycles. The number of rotatable bonds is 0. The van der Waals surface area contributed by atoms with E-state index >= 15 is 0 Å². The van der Waals surface area contributed by atoms with Gasteiger partial charge in [0.25, 0.3) is 0 Å². The highest BCUT2D eigenvalue weighted by Crippen LogP contribution is 2.37. The lowest BCUT2D eigenvalue weighted by molar-refractivity contribution is -0.144. The molecule has 0 spiro atoms. The summed E-state index contributed by atoms with van der Waals surface area (Å²) in [5.74, 6) is -27.3. The maximum atomic E-state index is 12.5. The minimum Gasteiger partial charge on any atom is -0.203 e.